The van der Waals surface area contributed by atoms with Gasteiger partial charge in [0.05, 0.1) is 54.0 Å². The molecule has 0 saturated heterocycles. The molecule has 190 valence electrons. The van der Waals surface area contributed by atoms with E-state index in [0.29, 0.717) is 0 Å². The molecule has 0 aromatic heterocycles. The molecule has 0 amide bonds. The molecule has 34 heavy (non-hydrogen) atoms. The maximum atomic E-state index is 9.47. The number of carbonyl (C=O) groups is 1. The van der Waals surface area contributed by atoms with Crippen LogP contribution in [0.25, 0.3) is 0 Å². The van der Waals surface area contributed by atoms with Gasteiger partial charge in [-0.3, -0.25) is 5.32 Å². The Hall–Kier alpha value is -2.48. The fourth-order valence-electron chi connectivity index (χ4n) is 3.14. The highest BCUT2D eigenvalue weighted by molar-refractivity contribution is 5.66. The minimum Gasteiger partial charge on any atom is -1.00 e. The Labute approximate surface area is 212 Å². The monoisotopic (exact) mass is 491 g/mol. The molecule has 0 spiro atoms. The Morgan fingerprint density at radius 3 is 1.44 bits per heavy atom. The summed E-state index contributed by atoms with van der Waals surface area (Å²) in [6, 6.07) is 21.1. The Morgan fingerprint density at radius 2 is 1.21 bits per heavy atom. The zero-order chi connectivity index (χ0) is 25.2. The van der Waals surface area contributed by atoms with E-state index in [-0.39, 0.29) is 25.7 Å². The highest BCUT2D eigenvalue weighted by Crippen LogP contribution is 2.09. The highest BCUT2D eigenvalue weighted by Gasteiger charge is 2.13. The first-order chi connectivity index (χ1) is 15.5. The van der Waals surface area contributed by atoms with Crippen LogP contribution in [0, 0.1) is 0 Å². The number of rotatable bonds is 11. The van der Waals surface area contributed by atoms with Crippen molar-refractivity contribution in [2.75, 3.05) is 54.6 Å². The molecule has 0 aliphatic heterocycles. The van der Waals surface area contributed by atoms with Crippen LogP contribution in [0.15, 0.2) is 86.0 Å². The third-order valence-corrected chi connectivity index (χ3v) is 4.53. The number of carbonyl (C=O) groups excluding carboxylic acids is 1. The van der Waals surface area contributed by atoms with Gasteiger partial charge in [0.25, 0.3) is 0 Å². The number of nitrogens with one attached hydrogen (secondary N) is 1. The number of hydrogen-bond donors (Lipinski definition) is 2. The largest absolute Gasteiger partial charge is 1.00 e. The van der Waals surface area contributed by atoms with Crippen molar-refractivity contribution in [2.24, 2.45) is 0 Å². The van der Waals surface area contributed by atoms with Crippen LogP contribution >= 0.6 is 0 Å². The normalized spacial score (nSPS) is 10.4. The second-order valence-corrected chi connectivity index (χ2v) is 9.06. The van der Waals surface area contributed by atoms with Gasteiger partial charge in [-0.25, -0.2) is 0 Å². The Bertz CT molecular complexity index is 738. The Morgan fingerprint density at radius 1 is 0.853 bits per heavy atom. The van der Waals surface area contributed by atoms with Crippen molar-refractivity contribution < 1.29 is 36.4 Å². The summed E-state index contributed by atoms with van der Waals surface area (Å²) in [6.07, 6.45) is 3.95. The number of aliphatic carboxylic acids is 1. The van der Waals surface area contributed by atoms with Crippen molar-refractivity contribution in [3.05, 3.63) is 97.1 Å². The average molecular weight is 492 g/mol. The summed E-state index contributed by atoms with van der Waals surface area (Å²) < 4.78 is 1.93. The number of carboxylic acids is 1. The SMILES string of the molecule is C=CC[N+](C)(C)Cc1ccccc1.C=CC[N+](C)(C)Cc1ccccc1.O=C([O-])CNCO.[Cl-]. The molecule has 0 aliphatic carbocycles. The fourth-order valence-corrected chi connectivity index (χ4v) is 3.14. The van der Waals surface area contributed by atoms with E-state index in [1.165, 1.54) is 11.1 Å². The van der Waals surface area contributed by atoms with Crippen LogP contribution in [-0.4, -0.2) is 74.6 Å². The first-order valence-electron chi connectivity index (χ1n) is 11.0. The molecular weight excluding hydrogens is 450 g/mol. The molecule has 0 atom stereocenters. The number of likely N-dealkylation sites (N-methyl/N-ethyl adjacent to an activating group) is 2. The summed E-state index contributed by atoms with van der Waals surface area (Å²) in [5.74, 6) is -1.21. The van der Waals surface area contributed by atoms with E-state index < -0.39 is 5.97 Å². The molecular formula is C27H42ClN3O3. The molecule has 2 aromatic carbocycles. The lowest BCUT2D eigenvalue weighted by atomic mass is 10.2. The number of quaternary nitrogens is 2. The maximum absolute atomic E-state index is 9.47. The summed E-state index contributed by atoms with van der Waals surface area (Å²) in [6.45, 7) is 11.1. The molecule has 7 heteroatoms. The van der Waals surface area contributed by atoms with Crippen molar-refractivity contribution >= 4 is 5.97 Å². The van der Waals surface area contributed by atoms with Gasteiger partial charge in [-0.05, 0) is 12.2 Å². The molecule has 2 rings (SSSR count). The van der Waals surface area contributed by atoms with Gasteiger partial charge in [-0.1, -0.05) is 73.8 Å². The molecule has 2 N–H and O–H groups in total. The van der Waals surface area contributed by atoms with Crippen molar-refractivity contribution in [1.82, 2.24) is 5.32 Å². The Kier molecular flexibility index (Phi) is 18.7. The maximum Gasteiger partial charge on any atom is 0.104 e. The van der Waals surface area contributed by atoms with Gasteiger partial charge < -0.3 is 36.4 Å². The van der Waals surface area contributed by atoms with Crippen LogP contribution in [0.5, 0.6) is 0 Å². The number of aliphatic hydroxyl groups excluding tert-OH is 1. The van der Waals surface area contributed by atoms with Crippen LogP contribution in [0.1, 0.15) is 11.1 Å². The average Bonchev–Trinajstić information content (AvgIpc) is 2.74. The predicted octanol–water partition coefficient (Wildman–Crippen LogP) is -0.822. The van der Waals surface area contributed by atoms with E-state index in [2.05, 4.69) is 107 Å². The zero-order valence-electron chi connectivity index (χ0n) is 21.1. The van der Waals surface area contributed by atoms with Gasteiger partial charge in [0, 0.05) is 17.7 Å². The van der Waals surface area contributed by atoms with Gasteiger partial charge in [-0.2, -0.15) is 0 Å². The molecule has 6 nitrogen and oxygen atoms in total. The van der Waals surface area contributed by atoms with Crippen LogP contribution in [0.4, 0.5) is 0 Å². The molecule has 2 aromatic rings. The molecule has 0 bridgehead atoms. The van der Waals surface area contributed by atoms with Crippen LogP contribution in [-0.2, 0) is 17.9 Å². The zero-order valence-corrected chi connectivity index (χ0v) is 21.9. The smallest absolute Gasteiger partial charge is 0.104 e. The lowest BCUT2D eigenvalue weighted by Crippen LogP contribution is -3.00. The van der Waals surface area contributed by atoms with Crippen LogP contribution < -0.4 is 22.8 Å². The number of hydrogen-bond acceptors (Lipinski definition) is 4. The molecule has 0 saturated carbocycles. The van der Waals surface area contributed by atoms with Gasteiger partial charge in [0.2, 0.25) is 0 Å². The predicted molar refractivity (Wildman–Crippen MR) is 135 cm³/mol. The van der Waals surface area contributed by atoms with Gasteiger partial charge in [0.1, 0.15) is 13.1 Å². The molecule has 0 unspecified atom stereocenters. The van der Waals surface area contributed by atoms with Gasteiger partial charge in [0.15, 0.2) is 0 Å². The van der Waals surface area contributed by atoms with E-state index in [1.54, 1.807) is 0 Å². The van der Waals surface area contributed by atoms with E-state index in [0.717, 1.165) is 35.1 Å². The summed E-state index contributed by atoms with van der Waals surface area (Å²) in [5.41, 5.74) is 2.77. The first kappa shape index (κ1) is 33.7. The van der Waals surface area contributed by atoms with E-state index in [1.807, 2.05) is 12.2 Å². The fraction of sp³-hybridized carbons (Fsp3) is 0.370. The third-order valence-electron chi connectivity index (χ3n) is 4.53. The molecule has 0 fully saturated rings. The topological polar surface area (TPSA) is 72.4 Å². The Balaban J connectivity index is 0. The van der Waals surface area contributed by atoms with Crippen molar-refractivity contribution in [2.45, 2.75) is 13.1 Å². The van der Waals surface area contributed by atoms with Crippen LogP contribution in [0.2, 0.25) is 0 Å². The molecule has 0 aliphatic rings. The van der Waals surface area contributed by atoms with Gasteiger partial charge >= 0.3 is 0 Å². The number of aliphatic hydroxyl groups is 1. The minimum atomic E-state index is -1.21. The lowest BCUT2D eigenvalue weighted by molar-refractivity contribution is -0.897. The summed E-state index contributed by atoms with van der Waals surface area (Å²) in [4.78, 5) is 9.47. The third kappa shape index (κ3) is 19.0. The second-order valence-electron chi connectivity index (χ2n) is 9.06. The molecule has 0 radical (unpaired) electrons. The van der Waals surface area contributed by atoms with E-state index >= 15 is 0 Å². The summed E-state index contributed by atoms with van der Waals surface area (Å²) >= 11 is 0. The highest BCUT2D eigenvalue weighted by atomic mass is 35.5. The van der Waals surface area contributed by atoms with Crippen molar-refractivity contribution in [3.8, 4) is 0 Å². The summed E-state index contributed by atoms with van der Waals surface area (Å²) in [7, 11) is 8.87. The summed E-state index contributed by atoms with van der Waals surface area (Å²) in [5, 5.41) is 19.5. The minimum absolute atomic E-state index is 0. The first-order valence-corrected chi connectivity index (χ1v) is 11.0. The van der Waals surface area contributed by atoms with Crippen molar-refractivity contribution in [1.29, 1.82) is 0 Å². The van der Waals surface area contributed by atoms with Gasteiger partial charge in [-0.15, -0.1) is 0 Å². The van der Waals surface area contributed by atoms with E-state index in [9.17, 15) is 9.90 Å². The van der Waals surface area contributed by atoms with E-state index in [4.69, 9.17) is 5.11 Å². The second kappa shape index (κ2) is 18.9. The standard InChI is InChI=1S/2C12H18N.C3H7NO3.ClH/c2*1-4-10-13(2,3)11-12-8-6-5-7-9-12;5-2-4-1-3(6)7;/h2*4-9H,1,10-11H2,2-3H3;4-5H,1-2H2,(H,6,7);1H/q2*+1;;/p-2. The number of benzene rings is 2. The number of carboxylic acid groups (broad SMARTS) is 1. The molecule has 0 heterocycles. The number of halogens is 1. The number of nitrogens with zero attached hydrogens (tertiary/aromatic N) is 2. The lowest BCUT2D eigenvalue weighted by Gasteiger charge is -2.28. The van der Waals surface area contributed by atoms with Crippen molar-refractivity contribution in [3.63, 3.8) is 0 Å². The van der Waals surface area contributed by atoms with Crippen LogP contribution in [0.3, 0.4) is 0 Å². The quantitative estimate of drug-likeness (QED) is 0.245.